The third kappa shape index (κ3) is 4.12. The number of methoxy groups -OCH3 is 2. The van der Waals surface area contributed by atoms with E-state index < -0.39 is 0 Å². The highest BCUT2D eigenvalue weighted by Gasteiger charge is 2.15. The number of halogens is 1. The fourth-order valence-electron chi connectivity index (χ4n) is 2.29. The Morgan fingerprint density at radius 3 is 2.59 bits per heavy atom. The zero-order valence-corrected chi connectivity index (χ0v) is 13.9. The summed E-state index contributed by atoms with van der Waals surface area (Å²) in [6.45, 7) is 2.91. The van der Waals surface area contributed by atoms with Crippen LogP contribution in [-0.4, -0.2) is 25.7 Å². The lowest BCUT2D eigenvalue weighted by Crippen LogP contribution is -2.22. The third-order valence-electron chi connectivity index (χ3n) is 3.53. The molecule has 0 bridgehead atoms. The molecule has 0 saturated carbocycles. The number of rotatable bonds is 7. The van der Waals surface area contributed by atoms with E-state index in [1.54, 1.807) is 14.2 Å². The van der Waals surface area contributed by atoms with Crippen molar-refractivity contribution in [3.8, 4) is 11.5 Å². The molecule has 0 aliphatic heterocycles. The van der Waals surface area contributed by atoms with Crippen molar-refractivity contribution in [1.29, 1.82) is 0 Å². The van der Waals surface area contributed by atoms with Gasteiger partial charge in [0.2, 0.25) is 0 Å². The lowest BCUT2D eigenvalue weighted by atomic mass is 10.1. The molecule has 1 atom stereocenters. The lowest BCUT2D eigenvalue weighted by Gasteiger charge is -2.19. The normalized spacial score (nSPS) is 12.0. The molecule has 118 valence electrons. The topological polar surface area (TPSA) is 43.4 Å². The van der Waals surface area contributed by atoms with Crippen molar-refractivity contribution >= 4 is 11.6 Å². The van der Waals surface area contributed by atoms with Gasteiger partial charge in [0.05, 0.1) is 19.2 Å². The number of nitrogens with zero attached hydrogens (tertiary/aromatic N) is 1. The number of ether oxygens (including phenoxy) is 2. The summed E-state index contributed by atoms with van der Waals surface area (Å²) in [4.78, 5) is 4.32. The maximum atomic E-state index is 6.21. The maximum absolute atomic E-state index is 6.21. The zero-order chi connectivity index (χ0) is 15.9. The van der Waals surface area contributed by atoms with E-state index in [9.17, 15) is 0 Å². The van der Waals surface area contributed by atoms with Gasteiger partial charge in [-0.3, -0.25) is 4.98 Å². The van der Waals surface area contributed by atoms with E-state index in [1.807, 2.05) is 36.5 Å². The molecule has 5 heteroatoms. The van der Waals surface area contributed by atoms with Gasteiger partial charge in [-0.2, -0.15) is 0 Å². The summed E-state index contributed by atoms with van der Waals surface area (Å²) in [7, 11) is 3.24. The summed E-state index contributed by atoms with van der Waals surface area (Å²) >= 11 is 6.21. The summed E-state index contributed by atoms with van der Waals surface area (Å²) in [5.74, 6) is 1.38. The molecule has 0 saturated heterocycles. The van der Waals surface area contributed by atoms with E-state index >= 15 is 0 Å². The first-order valence-corrected chi connectivity index (χ1v) is 7.58. The van der Waals surface area contributed by atoms with Crippen LogP contribution < -0.4 is 14.8 Å². The SMILES string of the molecule is COc1cc(OC)c([C@@H](C)NCCc2ccccn2)cc1Cl. The van der Waals surface area contributed by atoms with E-state index in [4.69, 9.17) is 21.1 Å². The Morgan fingerprint density at radius 1 is 1.18 bits per heavy atom. The van der Waals surface area contributed by atoms with Gasteiger partial charge in [0.15, 0.2) is 0 Å². The highest BCUT2D eigenvalue weighted by Crippen LogP contribution is 2.35. The van der Waals surface area contributed by atoms with Gasteiger partial charge in [-0.1, -0.05) is 17.7 Å². The summed E-state index contributed by atoms with van der Waals surface area (Å²) in [5.41, 5.74) is 2.08. The molecule has 0 aliphatic rings. The molecule has 2 aromatic rings. The van der Waals surface area contributed by atoms with Gasteiger partial charge in [0, 0.05) is 42.5 Å². The highest BCUT2D eigenvalue weighted by atomic mass is 35.5. The van der Waals surface area contributed by atoms with E-state index in [1.165, 1.54) is 0 Å². The lowest BCUT2D eigenvalue weighted by molar-refractivity contribution is 0.386. The molecule has 0 radical (unpaired) electrons. The predicted octanol–water partition coefficient (Wildman–Crippen LogP) is 3.65. The average molecular weight is 321 g/mol. The van der Waals surface area contributed by atoms with E-state index in [0.29, 0.717) is 10.8 Å². The van der Waals surface area contributed by atoms with Crippen LogP contribution in [-0.2, 0) is 6.42 Å². The first-order valence-electron chi connectivity index (χ1n) is 7.20. The third-order valence-corrected chi connectivity index (χ3v) is 3.82. The predicted molar refractivity (Wildman–Crippen MR) is 88.9 cm³/mol. The first kappa shape index (κ1) is 16.6. The molecule has 2 rings (SSSR count). The number of hydrogen-bond donors (Lipinski definition) is 1. The summed E-state index contributed by atoms with van der Waals surface area (Å²) in [6.07, 6.45) is 2.68. The molecular formula is C17H21ClN2O2. The molecule has 0 spiro atoms. The monoisotopic (exact) mass is 320 g/mol. The molecule has 1 heterocycles. The minimum atomic E-state index is 0.113. The van der Waals surface area contributed by atoms with Gasteiger partial charge in [-0.15, -0.1) is 0 Å². The van der Waals surface area contributed by atoms with Crippen LogP contribution in [0.3, 0.4) is 0 Å². The first-order chi connectivity index (χ1) is 10.7. The Hall–Kier alpha value is -1.78. The van der Waals surface area contributed by atoms with Gasteiger partial charge < -0.3 is 14.8 Å². The van der Waals surface area contributed by atoms with Crippen molar-refractivity contribution in [2.45, 2.75) is 19.4 Å². The largest absolute Gasteiger partial charge is 0.496 e. The standard InChI is InChI=1S/C17H21ClN2O2/c1-12(19-9-7-13-6-4-5-8-20-13)14-10-15(18)17(22-3)11-16(14)21-2/h4-6,8,10-12,19H,7,9H2,1-3H3/t12-/m1/s1. The minimum Gasteiger partial charge on any atom is -0.496 e. The Bertz CT molecular complexity index is 605. The van der Waals surface area contributed by atoms with Crippen molar-refractivity contribution in [1.82, 2.24) is 10.3 Å². The summed E-state index contributed by atoms with van der Waals surface area (Å²) in [5, 5.41) is 4.05. The number of pyridine rings is 1. The number of aromatic nitrogens is 1. The summed E-state index contributed by atoms with van der Waals surface area (Å²) < 4.78 is 10.7. The van der Waals surface area contributed by atoms with Crippen molar-refractivity contribution < 1.29 is 9.47 Å². The van der Waals surface area contributed by atoms with Crippen LogP contribution in [0, 0.1) is 0 Å². The molecule has 1 aromatic carbocycles. The van der Waals surface area contributed by atoms with E-state index in [0.717, 1.165) is 30.0 Å². The second-order valence-corrected chi connectivity index (χ2v) is 5.38. The van der Waals surface area contributed by atoms with Crippen LogP contribution in [0.4, 0.5) is 0 Å². The molecule has 0 unspecified atom stereocenters. The van der Waals surface area contributed by atoms with Crippen molar-refractivity contribution in [2.24, 2.45) is 0 Å². The van der Waals surface area contributed by atoms with Crippen LogP contribution in [0.2, 0.25) is 5.02 Å². The van der Waals surface area contributed by atoms with Crippen molar-refractivity contribution in [2.75, 3.05) is 20.8 Å². The molecule has 1 aromatic heterocycles. The molecule has 22 heavy (non-hydrogen) atoms. The van der Waals surface area contributed by atoms with E-state index in [2.05, 4.69) is 17.2 Å². The van der Waals surface area contributed by atoms with Crippen LogP contribution in [0.15, 0.2) is 36.5 Å². The Kier molecular flexibility index (Phi) is 6.04. The number of hydrogen-bond acceptors (Lipinski definition) is 4. The van der Waals surface area contributed by atoms with Crippen LogP contribution >= 0.6 is 11.6 Å². The second-order valence-electron chi connectivity index (χ2n) is 4.98. The molecule has 0 fully saturated rings. The Labute approximate surface area is 136 Å². The van der Waals surface area contributed by atoms with Crippen LogP contribution in [0.25, 0.3) is 0 Å². The van der Waals surface area contributed by atoms with Gasteiger partial charge >= 0.3 is 0 Å². The number of nitrogens with one attached hydrogen (secondary N) is 1. The van der Waals surface area contributed by atoms with Gasteiger partial charge in [-0.05, 0) is 25.1 Å². The molecule has 1 N–H and O–H groups in total. The smallest absolute Gasteiger partial charge is 0.141 e. The highest BCUT2D eigenvalue weighted by molar-refractivity contribution is 6.32. The molecular weight excluding hydrogens is 300 g/mol. The van der Waals surface area contributed by atoms with Gasteiger partial charge in [0.25, 0.3) is 0 Å². The second kappa shape index (κ2) is 8.01. The maximum Gasteiger partial charge on any atom is 0.141 e. The quantitative estimate of drug-likeness (QED) is 0.845. The fraction of sp³-hybridized carbons (Fsp3) is 0.353. The van der Waals surface area contributed by atoms with Crippen LogP contribution in [0.5, 0.6) is 11.5 Å². The Morgan fingerprint density at radius 2 is 1.95 bits per heavy atom. The zero-order valence-electron chi connectivity index (χ0n) is 13.1. The Balaban J connectivity index is 2.02. The summed E-state index contributed by atoms with van der Waals surface area (Å²) in [6, 6.07) is 9.76. The van der Waals surface area contributed by atoms with Crippen molar-refractivity contribution in [3.63, 3.8) is 0 Å². The van der Waals surface area contributed by atoms with Gasteiger partial charge in [0.1, 0.15) is 11.5 Å². The average Bonchev–Trinajstić information content (AvgIpc) is 2.55. The fourth-order valence-corrected chi connectivity index (χ4v) is 2.54. The number of benzene rings is 1. The minimum absolute atomic E-state index is 0.113. The van der Waals surface area contributed by atoms with Crippen molar-refractivity contribution in [3.05, 3.63) is 52.8 Å². The molecule has 0 amide bonds. The van der Waals surface area contributed by atoms with Crippen LogP contribution in [0.1, 0.15) is 24.2 Å². The van der Waals surface area contributed by atoms with Gasteiger partial charge in [-0.25, -0.2) is 0 Å². The molecule has 4 nitrogen and oxygen atoms in total. The van der Waals surface area contributed by atoms with E-state index in [-0.39, 0.29) is 6.04 Å². The molecule has 0 aliphatic carbocycles.